The molecule has 2 fully saturated rings. The maximum absolute atomic E-state index is 12.1. The van der Waals surface area contributed by atoms with Gasteiger partial charge in [0.25, 0.3) is 0 Å². The van der Waals surface area contributed by atoms with Crippen molar-refractivity contribution in [2.75, 3.05) is 13.7 Å². The molecule has 1 N–H and O–H groups in total. The van der Waals surface area contributed by atoms with Crippen LogP contribution in [0.25, 0.3) is 0 Å². The van der Waals surface area contributed by atoms with Crippen LogP contribution in [0.15, 0.2) is 0 Å². The van der Waals surface area contributed by atoms with Crippen LogP contribution in [0.2, 0.25) is 0 Å². The Hall–Kier alpha value is -0.610. The molecule has 2 aliphatic rings. The number of hydrogen-bond acceptors (Lipinski definition) is 4. The first-order valence-corrected chi connectivity index (χ1v) is 7.53. The fraction of sp³-hybridized carbons (Fsp3) is 0.933. The summed E-state index contributed by atoms with van der Waals surface area (Å²) in [6.07, 6.45) is 6.18. The van der Waals surface area contributed by atoms with E-state index in [4.69, 9.17) is 9.47 Å². The van der Waals surface area contributed by atoms with E-state index in [1.54, 1.807) is 0 Å². The molecule has 0 saturated heterocycles. The molecule has 0 aromatic carbocycles. The minimum absolute atomic E-state index is 0.116. The van der Waals surface area contributed by atoms with Crippen molar-refractivity contribution in [2.24, 2.45) is 5.92 Å². The average Bonchev–Trinajstić information content (AvgIpc) is 3.08. The molecule has 2 rings (SSSR count). The van der Waals surface area contributed by atoms with Crippen LogP contribution in [0.3, 0.4) is 0 Å². The van der Waals surface area contributed by atoms with Gasteiger partial charge in [0.1, 0.15) is 5.54 Å². The highest BCUT2D eigenvalue weighted by molar-refractivity contribution is 5.81. The van der Waals surface area contributed by atoms with Gasteiger partial charge in [-0.25, -0.2) is 0 Å². The second kappa shape index (κ2) is 6.23. The maximum Gasteiger partial charge on any atom is 0.326 e. The molecule has 0 aliphatic heterocycles. The zero-order valence-corrected chi connectivity index (χ0v) is 12.4. The SMILES string of the molecule is COC(=O)C1(NC2CC2)CCC(OCCC(C)C)C1. The Morgan fingerprint density at radius 2 is 2.11 bits per heavy atom. The van der Waals surface area contributed by atoms with E-state index in [0.29, 0.717) is 12.0 Å². The molecular weight excluding hydrogens is 242 g/mol. The van der Waals surface area contributed by atoms with E-state index in [-0.39, 0.29) is 12.1 Å². The lowest BCUT2D eigenvalue weighted by molar-refractivity contribution is -0.149. The predicted octanol–water partition coefficient (Wildman–Crippen LogP) is 2.27. The van der Waals surface area contributed by atoms with E-state index < -0.39 is 5.54 Å². The first-order valence-electron chi connectivity index (χ1n) is 7.53. The summed E-state index contributed by atoms with van der Waals surface area (Å²) in [5.41, 5.74) is -0.488. The van der Waals surface area contributed by atoms with E-state index in [1.165, 1.54) is 20.0 Å². The third kappa shape index (κ3) is 3.93. The standard InChI is InChI=1S/C15H27NO3/c1-11(2)7-9-19-13-6-8-15(10-13,14(17)18-3)16-12-4-5-12/h11-13,16H,4-10H2,1-3H3. The quantitative estimate of drug-likeness (QED) is 0.720. The van der Waals surface area contributed by atoms with Gasteiger partial charge in [0.05, 0.1) is 13.2 Å². The molecule has 0 bridgehead atoms. The maximum atomic E-state index is 12.1. The molecule has 0 aromatic rings. The van der Waals surface area contributed by atoms with Crippen LogP contribution in [0, 0.1) is 5.92 Å². The third-order valence-corrected chi connectivity index (χ3v) is 4.15. The fourth-order valence-corrected chi connectivity index (χ4v) is 2.80. The van der Waals surface area contributed by atoms with Gasteiger partial charge in [-0.2, -0.15) is 0 Å². The summed E-state index contributed by atoms with van der Waals surface area (Å²) in [4.78, 5) is 12.1. The average molecular weight is 269 g/mol. The lowest BCUT2D eigenvalue weighted by atomic mass is 9.97. The normalized spacial score (nSPS) is 30.8. The summed E-state index contributed by atoms with van der Waals surface area (Å²) in [5.74, 6) is 0.547. The smallest absolute Gasteiger partial charge is 0.326 e. The Kier molecular flexibility index (Phi) is 4.85. The summed E-state index contributed by atoms with van der Waals surface area (Å²) in [6, 6.07) is 0.508. The van der Waals surface area contributed by atoms with Gasteiger partial charge in [0, 0.05) is 19.1 Å². The van der Waals surface area contributed by atoms with Gasteiger partial charge in [-0.1, -0.05) is 13.8 Å². The number of methoxy groups -OCH3 is 1. The molecule has 0 radical (unpaired) electrons. The van der Waals surface area contributed by atoms with Crippen molar-refractivity contribution in [1.29, 1.82) is 0 Å². The van der Waals surface area contributed by atoms with E-state index >= 15 is 0 Å². The van der Waals surface area contributed by atoms with Gasteiger partial charge < -0.3 is 9.47 Å². The highest BCUT2D eigenvalue weighted by Crippen LogP contribution is 2.36. The van der Waals surface area contributed by atoms with E-state index in [1.807, 2.05) is 0 Å². The molecule has 2 unspecified atom stereocenters. The Bertz CT molecular complexity index is 315. The summed E-state index contributed by atoms with van der Waals surface area (Å²) >= 11 is 0. The van der Waals surface area contributed by atoms with Gasteiger partial charge in [0.15, 0.2) is 0 Å². The summed E-state index contributed by atoms with van der Waals surface area (Å²) < 4.78 is 10.9. The minimum Gasteiger partial charge on any atom is -0.468 e. The van der Waals surface area contributed by atoms with Crippen molar-refractivity contribution in [3.05, 3.63) is 0 Å². The van der Waals surface area contributed by atoms with E-state index in [2.05, 4.69) is 19.2 Å². The molecule has 4 heteroatoms. The number of ether oxygens (including phenoxy) is 2. The summed E-state index contributed by atoms with van der Waals surface area (Å²) in [7, 11) is 1.48. The lowest BCUT2D eigenvalue weighted by Crippen LogP contribution is -2.52. The van der Waals surface area contributed by atoms with Crippen molar-refractivity contribution in [3.63, 3.8) is 0 Å². The molecular formula is C15H27NO3. The molecule has 110 valence electrons. The highest BCUT2D eigenvalue weighted by atomic mass is 16.5. The Morgan fingerprint density at radius 3 is 2.68 bits per heavy atom. The molecule has 0 spiro atoms. The summed E-state index contributed by atoms with van der Waals surface area (Å²) in [6.45, 7) is 5.19. The predicted molar refractivity (Wildman–Crippen MR) is 74.0 cm³/mol. The van der Waals surface area contributed by atoms with Crippen molar-refractivity contribution in [1.82, 2.24) is 5.32 Å². The summed E-state index contributed by atoms with van der Waals surface area (Å²) in [5, 5.41) is 3.49. The number of carbonyl (C=O) groups excluding carboxylic acids is 1. The first-order chi connectivity index (χ1) is 9.05. The monoisotopic (exact) mass is 269 g/mol. The second-order valence-corrected chi connectivity index (χ2v) is 6.41. The molecule has 4 nitrogen and oxygen atoms in total. The number of esters is 1. The van der Waals surface area contributed by atoms with Gasteiger partial charge in [-0.15, -0.1) is 0 Å². The molecule has 0 aromatic heterocycles. The molecule has 0 heterocycles. The molecule has 19 heavy (non-hydrogen) atoms. The van der Waals surface area contributed by atoms with Crippen molar-refractivity contribution < 1.29 is 14.3 Å². The van der Waals surface area contributed by atoms with E-state index in [9.17, 15) is 4.79 Å². The Morgan fingerprint density at radius 1 is 1.37 bits per heavy atom. The second-order valence-electron chi connectivity index (χ2n) is 6.41. The van der Waals surface area contributed by atoms with Crippen LogP contribution in [0.4, 0.5) is 0 Å². The van der Waals surface area contributed by atoms with E-state index in [0.717, 1.165) is 32.3 Å². The van der Waals surface area contributed by atoms with Crippen LogP contribution < -0.4 is 5.32 Å². The van der Waals surface area contributed by atoms with Crippen molar-refractivity contribution >= 4 is 5.97 Å². The zero-order chi connectivity index (χ0) is 13.9. The Balaban J connectivity index is 1.85. The highest BCUT2D eigenvalue weighted by Gasteiger charge is 2.49. The first kappa shape index (κ1) is 14.8. The van der Waals surface area contributed by atoms with Crippen LogP contribution in [0.5, 0.6) is 0 Å². The number of carbonyl (C=O) groups is 1. The minimum atomic E-state index is -0.488. The number of hydrogen-bond donors (Lipinski definition) is 1. The van der Waals surface area contributed by atoms with Crippen LogP contribution in [0.1, 0.15) is 52.4 Å². The number of nitrogens with one attached hydrogen (secondary N) is 1. The number of rotatable bonds is 7. The Labute approximate surface area is 116 Å². The molecule has 0 amide bonds. The molecule has 2 aliphatic carbocycles. The van der Waals surface area contributed by atoms with Gasteiger partial charge >= 0.3 is 5.97 Å². The third-order valence-electron chi connectivity index (χ3n) is 4.15. The zero-order valence-electron chi connectivity index (χ0n) is 12.4. The van der Waals surface area contributed by atoms with Crippen molar-refractivity contribution in [2.45, 2.75) is 70.1 Å². The fourth-order valence-electron chi connectivity index (χ4n) is 2.80. The van der Waals surface area contributed by atoms with Gasteiger partial charge in [-0.3, -0.25) is 10.1 Å². The van der Waals surface area contributed by atoms with Crippen molar-refractivity contribution in [3.8, 4) is 0 Å². The van der Waals surface area contributed by atoms with Crippen LogP contribution in [-0.4, -0.2) is 37.4 Å². The lowest BCUT2D eigenvalue weighted by Gasteiger charge is -2.27. The van der Waals surface area contributed by atoms with Gasteiger partial charge in [0.2, 0.25) is 0 Å². The van der Waals surface area contributed by atoms with Crippen LogP contribution in [-0.2, 0) is 14.3 Å². The molecule has 2 atom stereocenters. The largest absolute Gasteiger partial charge is 0.468 e. The van der Waals surface area contributed by atoms with Crippen LogP contribution >= 0.6 is 0 Å². The topological polar surface area (TPSA) is 47.6 Å². The molecule has 2 saturated carbocycles. The van der Waals surface area contributed by atoms with Gasteiger partial charge in [-0.05, 0) is 38.0 Å².